The van der Waals surface area contributed by atoms with Crippen molar-refractivity contribution in [1.82, 2.24) is 19.8 Å². The Morgan fingerprint density at radius 1 is 1.07 bits per heavy atom. The Bertz CT molecular complexity index is 998. The van der Waals surface area contributed by atoms with Gasteiger partial charge in [0.1, 0.15) is 0 Å². The van der Waals surface area contributed by atoms with Crippen molar-refractivity contribution in [3.63, 3.8) is 0 Å². The zero-order valence-corrected chi connectivity index (χ0v) is 17.5. The van der Waals surface area contributed by atoms with Crippen LogP contribution in [0.25, 0.3) is 5.52 Å². The van der Waals surface area contributed by atoms with Gasteiger partial charge in [-0.3, -0.25) is 9.69 Å². The number of nitrogens with zero attached hydrogens (tertiary/aromatic N) is 4. The van der Waals surface area contributed by atoms with E-state index in [-0.39, 0.29) is 5.91 Å². The lowest BCUT2D eigenvalue weighted by Gasteiger charge is -2.36. The summed E-state index contributed by atoms with van der Waals surface area (Å²) < 4.78 is 1.71. The summed E-state index contributed by atoms with van der Waals surface area (Å²) in [4.78, 5) is 17.1. The monoisotopic (exact) mass is 431 g/mol. The maximum atomic E-state index is 12.4. The van der Waals surface area contributed by atoms with Crippen molar-refractivity contribution in [1.29, 1.82) is 0 Å². The maximum absolute atomic E-state index is 12.4. The van der Waals surface area contributed by atoms with Crippen LogP contribution < -0.4 is 10.2 Å². The fraction of sp³-hybridized carbons (Fsp3) is 0.333. The number of amides is 1. The lowest BCUT2D eigenvalue weighted by Crippen LogP contribution is -2.47. The number of halogens is 2. The molecule has 6 nitrogen and oxygen atoms in total. The second kappa shape index (κ2) is 9.03. The summed E-state index contributed by atoms with van der Waals surface area (Å²) in [6.07, 6.45) is 4.36. The molecule has 0 spiro atoms. The molecule has 0 bridgehead atoms. The van der Waals surface area contributed by atoms with E-state index < -0.39 is 0 Å². The van der Waals surface area contributed by atoms with Crippen LogP contribution in [0.4, 0.5) is 5.69 Å². The molecule has 8 heteroatoms. The third kappa shape index (κ3) is 4.50. The highest BCUT2D eigenvalue weighted by molar-refractivity contribution is 6.43. The number of hydrogen-bond donors (Lipinski definition) is 1. The van der Waals surface area contributed by atoms with Crippen molar-refractivity contribution < 1.29 is 4.79 Å². The van der Waals surface area contributed by atoms with Crippen molar-refractivity contribution in [2.75, 3.05) is 44.2 Å². The molecule has 4 rings (SSSR count). The quantitative estimate of drug-likeness (QED) is 0.605. The number of anilines is 1. The molecule has 29 heavy (non-hydrogen) atoms. The van der Waals surface area contributed by atoms with Gasteiger partial charge in [0.05, 0.1) is 33.0 Å². The minimum absolute atomic E-state index is 0.0772. The number of fused-ring (bicyclic) bond motifs is 1. The van der Waals surface area contributed by atoms with Gasteiger partial charge in [0.2, 0.25) is 0 Å². The van der Waals surface area contributed by atoms with Gasteiger partial charge in [-0.15, -0.1) is 0 Å². The van der Waals surface area contributed by atoms with Crippen LogP contribution in [-0.4, -0.2) is 59.7 Å². The fourth-order valence-corrected chi connectivity index (χ4v) is 4.07. The second-order valence-corrected chi connectivity index (χ2v) is 7.88. The Balaban J connectivity index is 1.21. The molecule has 1 aliphatic heterocycles. The summed E-state index contributed by atoms with van der Waals surface area (Å²) >= 11 is 12.5. The third-order valence-electron chi connectivity index (χ3n) is 5.25. The van der Waals surface area contributed by atoms with Crippen molar-refractivity contribution in [3.05, 3.63) is 64.4 Å². The summed E-state index contributed by atoms with van der Waals surface area (Å²) in [5.74, 6) is -0.0772. The Labute approximate surface area is 180 Å². The van der Waals surface area contributed by atoms with Gasteiger partial charge in [-0.25, -0.2) is 4.52 Å². The standard InChI is InChI=1S/C21H23Cl2N5O/c22-17-5-3-7-19(20(17)23)27-13-11-26(12-14-27)9-4-8-24-21(29)16-15-25-28-10-2-1-6-18(16)28/h1-3,5-7,10,15H,4,8-9,11-14H2,(H,24,29). The van der Waals surface area contributed by atoms with Gasteiger partial charge in [0.15, 0.2) is 0 Å². The molecule has 1 amide bonds. The summed E-state index contributed by atoms with van der Waals surface area (Å²) in [5, 5.41) is 8.43. The van der Waals surface area contributed by atoms with E-state index in [2.05, 4.69) is 20.2 Å². The number of carbonyl (C=O) groups is 1. The molecule has 1 fully saturated rings. The van der Waals surface area contributed by atoms with Crippen molar-refractivity contribution in [2.24, 2.45) is 0 Å². The molecule has 1 aromatic carbocycles. The molecule has 2 aromatic heterocycles. The Morgan fingerprint density at radius 2 is 1.90 bits per heavy atom. The number of nitrogens with one attached hydrogen (secondary N) is 1. The molecule has 1 N–H and O–H groups in total. The first-order chi connectivity index (χ1) is 14.1. The molecule has 1 saturated heterocycles. The first kappa shape index (κ1) is 20.0. The van der Waals surface area contributed by atoms with Crippen LogP contribution in [0.15, 0.2) is 48.8 Å². The van der Waals surface area contributed by atoms with Crippen molar-refractivity contribution >= 4 is 40.3 Å². The highest BCUT2D eigenvalue weighted by Crippen LogP contribution is 2.32. The molecule has 3 aromatic rings. The van der Waals surface area contributed by atoms with Gasteiger partial charge in [-0.1, -0.05) is 35.3 Å². The summed E-state index contributed by atoms with van der Waals surface area (Å²) in [6.45, 7) is 5.34. The smallest absolute Gasteiger partial charge is 0.255 e. The lowest BCUT2D eigenvalue weighted by atomic mass is 10.2. The topological polar surface area (TPSA) is 52.9 Å². The van der Waals surface area contributed by atoms with Crippen molar-refractivity contribution in [3.8, 4) is 0 Å². The number of piperazine rings is 1. The number of aromatic nitrogens is 2. The van der Waals surface area contributed by atoms with Crippen LogP contribution in [0.2, 0.25) is 10.0 Å². The molecule has 0 saturated carbocycles. The number of pyridine rings is 1. The first-order valence-corrected chi connectivity index (χ1v) is 10.5. The maximum Gasteiger partial charge on any atom is 0.255 e. The fourth-order valence-electron chi connectivity index (χ4n) is 3.66. The zero-order valence-electron chi connectivity index (χ0n) is 16.0. The van der Waals surface area contributed by atoms with Crippen LogP contribution in [0.3, 0.4) is 0 Å². The number of benzene rings is 1. The summed E-state index contributed by atoms with van der Waals surface area (Å²) in [6, 6.07) is 11.5. The van der Waals surface area contributed by atoms with Gasteiger partial charge in [0, 0.05) is 38.9 Å². The van der Waals surface area contributed by atoms with E-state index >= 15 is 0 Å². The number of carbonyl (C=O) groups excluding carboxylic acids is 1. The van der Waals surface area contributed by atoms with Crippen LogP contribution in [0, 0.1) is 0 Å². The van der Waals surface area contributed by atoms with Crippen LogP contribution in [0.1, 0.15) is 16.8 Å². The van der Waals surface area contributed by atoms with Crippen LogP contribution in [0.5, 0.6) is 0 Å². The predicted octanol–water partition coefficient (Wildman–Crippen LogP) is 3.58. The van der Waals surface area contributed by atoms with E-state index in [1.54, 1.807) is 10.7 Å². The Hall–Kier alpha value is -2.28. The van der Waals surface area contributed by atoms with E-state index in [0.717, 1.165) is 50.3 Å². The minimum atomic E-state index is -0.0772. The third-order valence-corrected chi connectivity index (χ3v) is 6.06. The molecule has 0 unspecified atom stereocenters. The summed E-state index contributed by atoms with van der Waals surface area (Å²) in [5.41, 5.74) is 2.43. The van der Waals surface area contributed by atoms with E-state index in [0.29, 0.717) is 22.2 Å². The van der Waals surface area contributed by atoms with E-state index in [1.807, 2.05) is 42.6 Å². The first-order valence-electron chi connectivity index (χ1n) is 9.75. The average molecular weight is 432 g/mol. The van der Waals surface area contributed by atoms with E-state index in [4.69, 9.17) is 23.2 Å². The summed E-state index contributed by atoms with van der Waals surface area (Å²) in [7, 11) is 0. The SMILES string of the molecule is O=C(NCCCN1CCN(c2cccc(Cl)c2Cl)CC1)c1cnn2ccccc12. The molecular formula is C21H23Cl2N5O. The largest absolute Gasteiger partial charge is 0.368 e. The molecule has 3 heterocycles. The molecule has 0 atom stereocenters. The lowest BCUT2D eigenvalue weighted by molar-refractivity contribution is 0.0953. The van der Waals surface area contributed by atoms with Gasteiger partial charge in [-0.05, 0) is 37.2 Å². The normalized spacial score (nSPS) is 15.0. The molecule has 0 aliphatic carbocycles. The van der Waals surface area contributed by atoms with Crippen LogP contribution >= 0.6 is 23.2 Å². The van der Waals surface area contributed by atoms with Gasteiger partial charge >= 0.3 is 0 Å². The van der Waals surface area contributed by atoms with Gasteiger partial charge in [-0.2, -0.15) is 5.10 Å². The second-order valence-electron chi connectivity index (χ2n) is 7.10. The highest BCUT2D eigenvalue weighted by Gasteiger charge is 2.19. The minimum Gasteiger partial charge on any atom is -0.368 e. The zero-order chi connectivity index (χ0) is 20.2. The predicted molar refractivity (Wildman–Crippen MR) is 117 cm³/mol. The van der Waals surface area contributed by atoms with Gasteiger partial charge in [0.25, 0.3) is 5.91 Å². The Kier molecular flexibility index (Phi) is 6.23. The van der Waals surface area contributed by atoms with E-state index in [1.165, 1.54) is 0 Å². The van der Waals surface area contributed by atoms with Crippen LogP contribution in [-0.2, 0) is 0 Å². The van der Waals surface area contributed by atoms with Crippen molar-refractivity contribution in [2.45, 2.75) is 6.42 Å². The number of hydrogen-bond acceptors (Lipinski definition) is 4. The number of rotatable bonds is 6. The Morgan fingerprint density at radius 3 is 2.72 bits per heavy atom. The average Bonchev–Trinajstić information content (AvgIpc) is 3.18. The highest BCUT2D eigenvalue weighted by atomic mass is 35.5. The molecule has 1 aliphatic rings. The van der Waals surface area contributed by atoms with E-state index in [9.17, 15) is 4.79 Å². The molecule has 152 valence electrons. The van der Waals surface area contributed by atoms with Gasteiger partial charge < -0.3 is 10.2 Å². The molecule has 0 radical (unpaired) electrons. The molecular weight excluding hydrogens is 409 g/mol.